The molecule has 0 saturated heterocycles. The van der Waals surface area contributed by atoms with E-state index in [4.69, 9.17) is 5.41 Å². The van der Waals surface area contributed by atoms with E-state index in [2.05, 4.69) is 23.4 Å². The zero-order valence-electron chi connectivity index (χ0n) is 8.64. The molecule has 1 N–H and O–H groups in total. The molecule has 0 amide bonds. The van der Waals surface area contributed by atoms with Gasteiger partial charge >= 0.3 is 0 Å². The Morgan fingerprint density at radius 2 is 2.40 bits per heavy atom. The fraction of sp³-hybridized carbons (Fsp3) is 0.333. The zero-order valence-corrected chi connectivity index (χ0v) is 8.64. The first kappa shape index (κ1) is 8.65. The number of rotatable bonds is 2. The fourth-order valence-electron chi connectivity index (χ4n) is 2.26. The normalized spacial score (nSPS) is 24.3. The number of aryl methyl sites for hydroxylation is 1. The first-order valence-electron chi connectivity index (χ1n) is 5.22. The minimum Gasteiger partial charge on any atom is -0.313 e. The number of benzene rings is 1. The van der Waals surface area contributed by atoms with Gasteiger partial charge in [-0.3, -0.25) is 4.68 Å². The van der Waals surface area contributed by atoms with Crippen molar-refractivity contribution in [3.05, 3.63) is 30.0 Å². The van der Waals surface area contributed by atoms with E-state index < -0.39 is 0 Å². The SMILES string of the molecule is Cn1cc2c(C3CC3C=N)cccc2n1. The maximum Gasteiger partial charge on any atom is 0.0926 e. The summed E-state index contributed by atoms with van der Waals surface area (Å²) in [6, 6.07) is 6.27. The molecule has 1 saturated carbocycles. The van der Waals surface area contributed by atoms with E-state index in [9.17, 15) is 0 Å². The fourth-order valence-corrected chi connectivity index (χ4v) is 2.26. The summed E-state index contributed by atoms with van der Waals surface area (Å²) in [6.07, 6.45) is 4.77. The summed E-state index contributed by atoms with van der Waals surface area (Å²) < 4.78 is 1.86. The van der Waals surface area contributed by atoms with E-state index in [0.717, 1.165) is 11.9 Å². The number of aromatic nitrogens is 2. The Kier molecular flexibility index (Phi) is 1.69. The van der Waals surface area contributed by atoms with Crippen LogP contribution in [-0.2, 0) is 7.05 Å². The monoisotopic (exact) mass is 199 g/mol. The first-order valence-corrected chi connectivity index (χ1v) is 5.22. The van der Waals surface area contributed by atoms with Gasteiger partial charge in [0.25, 0.3) is 0 Å². The lowest BCUT2D eigenvalue weighted by Crippen LogP contribution is -1.84. The van der Waals surface area contributed by atoms with Crippen LogP contribution in [0.25, 0.3) is 10.9 Å². The Morgan fingerprint density at radius 1 is 1.53 bits per heavy atom. The summed E-state index contributed by atoms with van der Waals surface area (Å²) >= 11 is 0. The molecule has 2 atom stereocenters. The number of nitrogens with zero attached hydrogens (tertiary/aromatic N) is 2. The van der Waals surface area contributed by atoms with Crippen LogP contribution in [-0.4, -0.2) is 16.0 Å². The van der Waals surface area contributed by atoms with Gasteiger partial charge in [0.15, 0.2) is 0 Å². The van der Waals surface area contributed by atoms with Crippen molar-refractivity contribution in [1.29, 1.82) is 5.41 Å². The highest BCUT2D eigenvalue weighted by Crippen LogP contribution is 2.47. The van der Waals surface area contributed by atoms with Crippen molar-refractivity contribution in [2.45, 2.75) is 12.3 Å². The van der Waals surface area contributed by atoms with Crippen LogP contribution in [0.1, 0.15) is 17.9 Å². The molecule has 2 aromatic rings. The van der Waals surface area contributed by atoms with Crippen molar-refractivity contribution < 1.29 is 0 Å². The van der Waals surface area contributed by atoms with Crippen LogP contribution in [0.3, 0.4) is 0 Å². The van der Waals surface area contributed by atoms with Crippen LogP contribution in [0.5, 0.6) is 0 Å². The topological polar surface area (TPSA) is 41.7 Å². The Morgan fingerprint density at radius 3 is 3.13 bits per heavy atom. The molecule has 15 heavy (non-hydrogen) atoms. The molecule has 3 nitrogen and oxygen atoms in total. The van der Waals surface area contributed by atoms with Crippen molar-refractivity contribution in [3.63, 3.8) is 0 Å². The van der Waals surface area contributed by atoms with Gasteiger partial charge in [0, 0.05) is 24.5 Å². The van der Waals surface area contributed by atoms with Crippen molar-refractivity contribution in [2.75, 3.05) is 0 Å². The van der Waals surface area contributed by atoms with Crippen molar-refractivity contribution in [2.24, 2.45) is 13.0 Å². The minimum absolute atomic E-state index is 0.454. The molecule has 1 aliphatic carbocycles. The van der Waals surface area contributed by atoms with Gasteiger partial charge in [-0.2, -0.15) is 5.10 Å². The maximum atomic E-state index is 7.27. The third kappa shape index (κ3) is 1.27. The molecule has 3 rings (SSSR count). The molecule has 1 heterocycles. The average Bonchev–Trinajstić information content (AvgIpc) is 2.91. The lowest BCUT2D eigenvalue weighted by Gasteiger charge is -1.99. The molecule has 0 bridgehead atoms. The van der Waals surface area contributed by atoms with Crippen molar-refractivity contribution in [3.8, 4) is 0 Å². The van der Waals surface area contributed by atoms with E-state index >= 15 is 0 Å². The third-order valence-corrected chi connectivity index (χ3v) is 3.15. The lowest BCUT2D eigenvalue weighted by atomic mass is 10.1. The number of hydrogen-bond donors (Lipinski definition) is 1. The molecule has 1 aliphatic rings. The van der Waals surface area contributed by atoms with E-state index in [1.54, 1.807) is 6.21 Å². The van der Waals surface area contributed by atoms with E-state index in [1.165, 1.54) is 10.9 Å². The minimum atomic E-state index is 0.454. The molecule has 0 spiro atoms. The van der Waals surface area contributed by atoms with Gasteiger partial charge in [0.2, 0.25) is 0 Å². The summed E-state index contributed by atoms with van der Waals surface area (Å²) in [5, 5.41) is 12.9. The second-order valence-electron chi connectivity index (χ2n) is 4.26. The van der Waals surface area contributed by atoms with Gasteiger partial charge in [-0.05, 0) is 30.2 Å². The van der Waals surface area contributed by atoms with Crippen LogP contribution in [0.15, 0.2) is 24.4 Å². The largest absolute Gasteiger partial charge is 0.313 e. The molecular formula is C12H13N3. The Labute approximate surface area is 88.2 Å². The van der Waals surface area contributed by atoms with E-state index in [0.29, 0.717) is 11.8 Å². The summed E-state index contributed by atoms with van der Waals surface area (Å²) in [4.78, 5) is 0. The van der Waals surface area contributed by atoms with Crippen LogP contribution in [0.4, 0.5) is 0 Å². The van der Waals surface area contributed by atoms with Crippen molar-refractivity contribution >= 4 is 17.1 Å². The predicted molar refractivity (Wildman–Crippen MR) is 60.3 cm³/mol. The standard InChI is InChI=1S/C12H13N3/c1-15-7-11-9(10-5-8(10)6-13)3-2-4-12(11)14-15/h2-4,6-8,10,13H,5H2,1H3. The summed E-state index contributed by atoms with van der Waals surface area (Å²) in [7, 11) is 1.95. The smallest absolute Gasteiger partial charge is 0.0926 e. The highest BCUT2D eigenvalue weighted by molar-refractivity contribution is 5.84. The van der Waals surface area contributed by atoms with Crippen LogP contribution in [0, 0.1) is 11.3 Å². The third-order valence-electron chi connectivity index (χ3n) is 3.15. The second kappa shape index (κ2) is 2.92. The molecule has 0 aliphatic heterocycles. The first-order chi connectivity index (χ1) is 7.29. The molecule has 0 radical (unpaired) electrons. The number of fused-ring (bicyclic) bond motifs is 1. The van der Waals surface area contributed by atoms with Crippen LogP contribution in [0.2, 0.25) is 0 Å². The summed E-state index contributed by atoms with van der Waals surface area (Å²) in [5.41, 5.74) is 2.42. The highest BCUT2D eigenvalue weighted by atomic mass is 15.2. The number of nitrogens with one attached hydrogen (secondary N) is 1. The molecule has 76 valence electrons. The van der Waals surface area contributed by atoms with Gasteiger partial charge in [0.05, 0.1) is 5.52 Å². The predicted octanol–water partition coefficient (Wildman–Crippen LogP) is 2.33. The van der Waals surface area contributed by atoms with Gasteiger partial charge in [-0.25, -0.2) is 0 Å². The van der Waals surface area contributed by atoms with Gasteiger partial charge in [-0.15, -0.1) is 0 Å². The van der Waals surface area contributed by atoms with Gasteiger partial charge in [-0.1, -0.05) is 12.1 Å². The molecule has 3 heteroatoms. The molecule has 1 aromatic carbocycles. The van der Waals surface area contributed by atoms with Gasteiger partial charge in [0.1, 0.15) is 0 Å². The molecule has 1 fully saturated rings. The second-order valence-corrected chi connectivity index (χ2v) is 4.26. The average molecular weight is 199 g/mol. The Hall–Kier alpha value is -1.64. The van der Waals surface area contributed by atoms with Gasteiger partial charge < -0.3 is 5.41 Å². The Balaban J connectivity index is 2.14. The maximum absolute atomic E-state index is 7.27. The molecule has 2 unspecified atom stereocenters. The zero-order chi connectivity index (χ0) is 10.4. The van der Waals surface area contributed by atoms with Crippen molar-refractivity contribution in [1.82, 2.24) is 9.78 Å². The van der Waals surface area contributed by atoms with Crippen LogP contribution >= 0.6 is 0 Å². The summed E-state index contributed by atoms with van der Waals surface area (Å²) in [5.74, 6) is 1.01. The summed E-state index contributed by atoms with van der Waals surface area (Å²) in [6.45, 7) is 0. The number of hydrogen-bond acceptors (Lipinski definition) is 2. The molecular weight excluding hydrogens is 186 g/mol. The Bertz CT molecular complexity index is 527. The highest BCUT2D eigenvalue weighted by Gasteiger charge is 2.37. The molecule has 1 aromatic heterocycles. The van der Waals surface area contributed by atoms with Crippen LogP contribution < -0.4 is 0 Å². The quantitative estimate of drug-likeness (QED) is 0.741. The lowest BCUT2D eigenvalue weighted by molar-refractivity contribution is 0.779. The van der Waals surface area contributed by atoms with E-state index in [1.807, 2.05) is 17.8 Å². The van der Waals surface area contributed by atoms with E-state index in [-0.39, 0.29) is 0 Å².